The minimum absolute atomic E-state index is 0.192. The lowest BCUT2D eigenvalue weighted by Crippen LogP contribution is -2.47. The number of carbonyl (C=O) groups is 1. The lowest BCUT2D eigenvalue weighted by molar-refractivity contribution is -0.123. The minimum atomic E-state index is 0.192. The zero-order chi connectivity index (χ0) is 16.9. The van der Waals surface area contributed by atoms with Crippen molar-refractivity contribution in [2.45, 2.75) is 57.4 Å². The molecule has 1 aliphatic heterocycles. The van der Waals surface area contributed by atoms with E-state index in [1.807, 2.05) is 12.1 Å². The molecule has 0 radical (unpaired) electrons. The lowest BCUT2D eigenvalue weighted by Gasteiger charge is -2.33. The van der Waals surface area contributed by atoms with E-state index < -0.39 is 0 Å². The second-order valence-corrected chi connectivity index (χ2v) is 7.58. The van der Waals surface area contributed by atoms with E-state index in [9.17, 15) is 9.90 Å². The fourth-order valence-electron chi connectivity index (χ4n) is 4.16. The number of amides is 1. The van der Waals surface area contributed by atoms with Gasteiger partial charge in [-0.05, 0) is 68.3 Å². The van der Waals surface area contributed by atoms with Crippen molar-refractivity contribution in [2.75, 3.05) is 19.6 Å². The van der Waals surface area contributed by atoms with Crippen LogP contribution in [0.4, 0.5) is 0 Å². The molecule has 1 saturated carbocycles. The molecule has 2 fully saturated rings. The maximum atomic E-state index is 12.3. The first-order valence-electron chi connectivity index (χ1n) is 9.42. The van der Waals surface area contributed by atoms with E-state index in [1.165, 1.54) is 24.8 Å². The van der Waals surface area contributed by atoms with Gasteiger partial charge in [0.2, 0.25) is 5.91 Å². The van der Waals surface area contributed by atoms with Crippen LogP contribution in [0, 0.1) is 5.92 Å². The molecule has 24 heavy (non-hydrogen) atoms. The first-order chi connectivity index (χ1) is 11.6. The normalized spacial score (nSPS) is 26.2. The molecule has 1 aromatic rings. The van der Waals surface area contributed by atoms with Crippen LogP contribution in [0.15, 0.2) is 24.3 Å². The number of phenolic OH excluding ortho intramolecular Hbond substituents is 1. The molecule has 1 aliphatic carbocycles. The lowest BCUT2D eigenvalue weighted by atomic mass is 9.86. The minimum Gasteiger partial charge on any atom is -0.508 e. The van der Waals surface area contributed by atoms with Gasteiger partial charge in [-0.1, -0.05) is 31.9 Å². The Bertz CT molecular complexity index is 535. The Balaban J connectivity index is 1.43. The van der Waals surface area contributed by atoms with Crippen LogP contribution in [-0.2, 0) is 4.79 Å². The summed E-state index contributed by atoms with van der Waals surface area (Å²) in [5.74, 6) is 1.67. The predicted molar refractivity (Wildman–Crippen MR) is 96.1 cm³/mol. The highest BCUT2D eigenvalue weighted by atomic mass is 16.3. The first-order valence-corrected chi connectivity index (χ1v) is 9.42. The Morgan fingerprint density at radius 2 is 1.79 bits per heavy atom. The van der Waals surface area contributed by atoms with Crippen molar-refractivity contribution in [1.82, 2.24) is 10.2 Å². The highest BCUT2D eigenvalue weighted by Crippen LogP contribution is 2.29. The molecule has 4 nitrogen and oxygen atoms in total. The second-order valence-electron chi connectivity index (χ2n) is 7.58. The quantitative estimate of drug-likeness (QED) is 0.891. The molecule has 1 heterocycles. The van der Waals surface area contributed by atoms with Crippen LogP contribution in [0.1, 0.15) is 56.9 Å². The number of phenols is 1. The summed E-state index contributed by atoms with van der Waals surface area (Å²) < 4.78 is 0. The third kappa shape index (κ3) is 4.50. The van der Waals surface area contributed by atoms with Gasteiger partial charge in [0.25, 0.3) is 0 Å². The monoisotopic (exact) mass is 330 g/mol. The van der Waals surface area contributed by atoms with Crippen molar-refractivity contribution >= 4 is 5.91 Å². The van der Waals surface area contributed by atoms with E-state index in [1.54, 1.807) is 12.1 Å². The number of nitrogens with one attached hydrogen (secondary N) is 1. The van der Waals surface area contributed by atoms with Crippen molar-refractivity contribution < 1.29 is 9.90 Å². The molecule has 3 rings (SSSR count). The van der Waals surface area contributed by atoms with Crippen molar-refractivity contribution in [3.63, 3.8) is 0 Å². The number of benzene rings is 1. The number of rotatable bonds is 4. The van der Waals surface area contributed by atoms with E-state index in [-0.39, 0.29) is 5.91 Å². The maximum absolute atomic E-state index is 12.3. The third-order valence-corrected chi connectivity index (χ3v) is 5.78. The van der Waals surface area contributed by atoms with Gasteiger partial charge in [0.15, 0.2) is 0 Å². The molecular formula is C20H30N2O2. The Hall–Kier alpha value is -1.55. The van der Waals surface area contributed by atoms with Crippen molar-refractivity contribution in [3.8, 4) is 5.75 Å². The molecule has 0 spiro atoms. The Labute approximate surface area is 145 Å². The third-order valence-electron chi connectivity index (χ3n) is 5.78. The summed E-state index contributed by atoms with van der Waals surface area (Å²) >= 11 is 0. The summed E-state index contributed by atoms with van der Waals surface area (Å²) in [7, 11) is 0. The average Bonchev–Trinajstić information content (AvgIpc) is 2.58. The van der Waals surface area contributed by atoms with E-state index in [4.69, 9.17) is 0 Å². The molecule has 132 valence electrons. The number of carbonyl (C=O) groups excluding carboxylic acids is 1. The van der Waals surface area contributed by atoms with E-state index in [0.29, 0.717) is 30.2 Å². The zero-order valence-electron chi connectivity index (χ0n) is 14.7. The summed E-state index contributed by atoms with van der Waals surface area (Å²) in [6, 6.07) is 7.95. The largest absolute Gasteiger partial charge is 0.508 e. The summed E-state index contributed by atoms with van der Waals surface area (Å²) in [5, 5.41) is 12.7. The van der Waals surface area contributed by atoms with Gasteiger partial charge in [0.05, 0.1) is 6.54 Å². The fourth-order valence-corrected chi connectivity index (χ4v) is 4.16. The summed E-state index contributed by atoms with van der Waals surface area (Å²) in [5.41, 5.74) is 1.30. The molecule has 0 aromatic heterocycles. The highest BCUT2D eigenvalue weighted by Gasteiger charge is 2.25. The van der Waals surface area contributed by atoms with Crippen LogP contribution in [0.2, 0.25) is 0 Å². The molecule has 2 atom stereocenters. The molecular weight excluding hydrogens is 300 g/mol. The van der Waals surface area contributed by atoms with Gasteiger partial charge in [-0.3, -0.25) is 9.69 Å². The number of hydrogen-bond donors (Lipinski definition) is 2. The zero-order valence-corrected chi connectivity index (χ0v) is 14.7. The molecule has 2 N–H and O–H groups in total. The molecule has 2 aliphatic rings. The predicted octanol–water partition coefficient (Wildman–Crippen LogP) is 3.27. The number of likely N-dealkylation sites (tertiary alicyclic amines) is 1. The topological polar surface area (TPSA) is 52.6 Å². The van der Waals surface area contributed by atoms with Gasteiger partial charge in [-0.25, -0.2) is 0 Å². The van der Waals surface area contributed by atoms with Crippen LogP contribution in [0.25, 0.3) is 0 Å². The van der Waals surface area contributed by atoms with Crippen LogP contribution in [-0.4, -0.2) is 41.6 Å². The Kier molecular flexibility index (Phi) is 5.77. The van der Waals surface area contributed by atoms with Gasteiger partial charge in [-0.15, -0.1) is 0 Å². The number of nitrogens with zero attached hydrogens (tertiary/aromatic N) is 1. The SMILES string of the molecule is C[C@H]1CCCC[C@@H]1NC(=O)CN1CCC(c2ccc(O)cc2)CC1. The van der Waals surface area contributed by atoms with Crippen LogP contribution in [0.5, 0.6) is 5.75 Å². The molecule has 0 bridgehead atoms. The molecule has 0 unspecified atom stereocenters. The van der Waals surface area contributed by atoms with E-state index >= 15 is 0 Å². The molecule has 1 amide bonds. The summed E-state index contributed by atoms with van der Waals surface area (Å²) in [6.07, 6.45) is 7.08. The first kappa shape index (κ1) is 17.3. The van der Waals surface area contributed by atoms with Gasteiger partial charge >= 0.3 is 0 Å². The van der Waals surface area contributed by atoms with Crippen LogP contribution < -0.4 is 5.32 Å². The Morgan fingerprint density at radius 1 is 1.12 bits per heavy atom. The number of aromatic hydroxyl groups is 1. The van der Waals surface area contributed by atoms with Crippen molar-refractivity contribution in [1.29, 1.82) is 0 Å². The van der Waals surface area contributed by atoms with Crippen molar-refractivity contribution in [2.24, 2.45) is 5.92 Å². The van der Waals surface area contributed by atoms with Crippen molar-refractivity contribution in [3.05, 3.63) is 29.8 Å². The number of hydrogen-bond acceptors (Lipinski definition) is 3. The van der Waals surface area contributed by atoms with Gasteiger partial charge < -0.3 is 10.4 Å². The fraction of sp³-hybridized carbons (Fsp3) is 0.650. The second kappa shape index (κ2) is 8.02. The van der Waals surface area contributed by atoms with Gasteiger partial charge in [-0.2, -0.15) is 0 Å². The van der Waals surface area contributed by atoms with Crippen LogP contribution in [0.3, 0.4) is 0 Å². The summed E-state index contributed by atoms with van der Waals surface area (Å²) in [6.45, 7) is 4.73. The van der Waals surface area contributed by atoms with E-state index in [0.717, 1.165) is 32.4 Å². The standard InChI is InChI=1S/C20H30N2O2/c1-15-4-2-3-5-19(15)21-20(24)14-22-12-10-17(11-13-22)16-6-8-18(23)9-7-16/h6-9,15,17,19,23H,2-5,10-14H2,1H3,(H,21,24)/t15-,19-/m0/s1. The smallest absolute Gasteiger partial charge is 0.234 e. The average molecular weight is 330 g/mol. The van der Waals surface area contributed by atoms with Crippen LogP contribution >= 0.6 is 0 Å². The van der Waals surface area contributed by atoms with E-state index in [2.05, 4.69) is 17.1 Å². The number of piperidine rings is 1. The molecule has 1 aromatic carbocycles. The highest BCUT2D eigenvalue weighted by molar-refractivity contribution is 5.78. The maximum Gasteiger partial charge on any atom is 0.234 e. The molecule has 1 saturated heterocycles. The summed E-state index contributed by atoms with van der Waals surface area (Å²) in [4.78, 5) is 14.6. The van der Waals surface area contributed by atoms with Gasteiger partial charge in [0.1, 0.15) is 5.75 Å². The molecule has 4 heteroatoms. The van der Waals surface area contributed by atoms with Gasteiger partial charge in [0, 0.05) is 6.04 Å². The Morgan fingerprint density at radius 3 is 2.46 bits per heavy atom.